The van der Waals surface area contributed by atoms with Crippen molar-refractivity contribution in [2.75, 3.05) is 49.4 Å². The van der Waals surface area contributed by atoms with Gasteiger partial charge in [0.2, 0.25) is 17.7 Å². The number of rotatable bonds is 21. The number of nitrogens with one attached hydrogen (secondary N) is 3. The molecule has 0 unspecified atom stereocenters. The highest BCUT2D eigenvalue weighted by atomic mass is 32.1. The van der Waals surface area contributed by atoms with Gasteiger partial charge in [-0.3, -0.25) is 24.1 Å². The molecule has 2 saturated heterocycles. The van der Waals surface area contributed by atoms with Crippen LogP contribution in [0, 0.1) is 29.5 Å². The van der Waals surface area contributed by atoms with Gasteiger partial charge >= 0.3 is 6.18 Å². The van der Waals surface area contributed by atoms with Gasteiger partial charge in [0.05, 0.1) is 41.5 Å². The Balaban J connectivity index is 0.854. The minimum Gasteiger partial charge on any atom is -0.491 e. The molecule has 4 amide bonds. The van der Waals surface area contributed by atoms with Crippen LogP contribution in [0.3, 0.4) is 0 Å². The number of halogens is 4. The van der Waals surface area contributed by atoms with Gasteiger partial charge in [-0.15, -0.1) is 0 Å². The number of anilines is 2. The molecule has 6 rings (SSSR count). The lowest BCUT2D eigenvalue weighted by molar-refractivity contribution is -0.144. The van der Waals surface area contributed by atoms with Crippen LogP contribution in [-0.2, 0) is 41.4 Å². The van der Waals surface area contributed by atoms with Crippen LogP contribution in [-0.4, -0.2) is 101 Å². The maximum Gasteiger partial charge on any atom is 0.417 e. The molecule has 0 spiro atoms. The van der Waals surface area contributed by atoms with Crippen LogP contribution in [0.15, 0.2) is 67.0 Å². The van der Waals surface area contributed by atoms with Gasteiger partial charge in [-0.2, -0.15) is 18.4 Å². The Kier molecular flexibility index (Phi) is 17.6. The summed E-state index contributed by atoms with van der Waals surface area (Å²) in [5.74, 6) is -2.38. The normalized spacial score (nSPS) is 16.3. The quantitative estimate of drug-likeness (QED) is 0.0416. The number of likely N-dealkylation sites (tertiary alicyclic amines) is 1. The molecule has 0 aliphatic carbocycles. The van der Waals surface area contributed by atoms with Crippen LogP contribution in [0.2, 0.25) is 0 Å². The zero-order valence-corrected chi connectivity index (χ0v) is 41.5. The first-order chi connectivity index (χ1) is 33.6. The van der Waals surface area contributed by atoms with Crippen molar-refractivity contribution in [3.05, 3.63) is 95.2 Å². The Bertz CT molecular complexity index is 2610. The SMILES string of the molecule is Cc1[nH]cnc1-c1ccc(CNC(=O)[C@@H]2CCCN2C(=O)[C@@H](NC(=O)COCCCOCCCCCOc2ccc(N3C(=S)N(c4ccc(C#N)c(C(F)(F)F)c4)C(=O)C3(C)C)cc2F)C(C)(C)C)cc1. The Labute approximate surface area is 416 Å². The monoisotopic (exact) mass is 1000 g/mol. The van der Waals surface area contributed by atoms with E-state index in [0.717, 1.165) is 46.0 Å². The van der Waals surface area contributed by atoms with Crippen LogP contribution in [0.5, 0.6) is 5.75 Å². The maximum atomic E-state index is 15.3. The number of benzene rings is 3. The number of amides is 4. The summed E-state index contributed by atoms with van der Waals surface area (Å²) in [5, 5.41) is 14.9. The minimum atomic E-state index is -4.85. The first-order valence-electron chi connectivity index (χ1n) is 23.5. The van der Waals surface area contributed by atoms with Gasteiger partial charge in [0.25, 0.3) is 5.91 Å². The summed E-state index contributed by atoms with van der Waals surface area (Å²) in [4.78, 5) is 65.1. The van der Waals surface area contributed by atoms with Crippen molar-refractivity contribution in [1.29, 1.82) is 5.26 Å². The molecule has 1 aromatic heterocycles. The highest BCUT2D eigenvalue weighted by molar-refractivity contribution is 7.81. The van der Waals surface area contributed by atoms with Crippen molar-refractivity contribution in [2.24, 2.45) is 5.41 Å². The number of aryl methyl sites for hydroxylation is 1. The third-order valence-electron chi connectivity index (χ3n) is 12.3. The number of hydrogen-bond acceptors (Lipinski definition) is 10. The lowest BCUT2D eigenvalue weighted by atomic mass is 9.85. The van der Waals surface area contributed by atoms with Gasteiger partial charge in [0.1, 0.15) is 24.2 Å². The summed E-state index contributed by atoms with van der Waals surface area (Å²) in [6.07, 6.45) is 0.575. The number of nitrogens with zero attached hydrogens (tertiary/aromatic N) is 5. The Morgan fingerprint density at radius 2 is 1.65 bits per heavy atom. The zero-order chi connectivity index (χ0) is 51.7. The Morgan fingerprint density at radius 3 is 2.31 bits per heavy atom. The number of thiocarbonyl (C=S) groups is 1. The average Bonchev–Trinajstić information content (AvgIpc) is 4.03. The summed E-state index contributed by atoms with van der Waals surface area (Å²) in [6, 6.07) is 14.7. The van der Waals surface area contributed by atoms with Gasteiger partial charge in [-0.1, -0.05) is 45.0 Å². The molecule has 3 heterocycles. The first kappa shape index (κ1) is 53.9. The van der Waals surface area contributed by atoms with Gasteiger partial charge < -0.3 is 39.6 Å². The molecule has 4 aromatic rings. The number of aromatic nitrogens is 2. The molecule has 15 nitrogen and oxygen atoms in total. The molecule has 0 bridgehead atoms. The Morgan fingerprint density at radius 1 is 0.958 bits per heavy atom. The summed E-state index contributed by atoms with van der Waals surface area (Å²) in [6.45, 7) is 12.4. The predicted molar refractivity (Wildman–Crippen MR) is 262 cm³/mol. The zero-order valence-electron chi connectivity index (χ0n) is 40.7. The van der Waals surface area contributed by atoms with Crippen molar-refractivity contribution < 1.29 is 51.0 Å². The third-order valence-corrected chi connectivity index (χ3v) is 12.7. The standard InChI is InChI=1S/C51H60F4N8O7S/c1-32-43(59-31-58-32)34-15-13-33(14-16-34)29-57-45(65)40-12-10-21-61(40)46(66)44(49(2,3)4)60-42(64)30-69-24-11-23-68-22-8-7-9-25-70-41-20-19-37(27-39(41)52)63-48(71)62(47(67)50(63,5)6)36-18-17-35(28-56)38(26-36)51(53,54)55/h13-20,26-27,31,40,44H,7-12,21-25,29-30H2,1-6H3,(H,57,65)(H,58,59)(H,60,64)/t40-,44+/m0/s1. The first-order valence-corrected chi connectivity index (χ1v) is 23.9. The van der Waals surface area contributed by atoms with E-state index in [0.29, 0.717) is 64.5 Å². The molecule has 2 atom stereocenters. The lowest BCUT2D eigenvalue weighted by Gasteiger charge is -2.35. The van der Waals surface area contributed by atoms with Gasteiger partial charge in [0, 0.05) is 55.9 Å². The molecule has 2 aliphatic heterocycles. The van der Waals surface area contributed by atoms with E-state index >= 15 is 4.39 Å². The Hall–Kier alpha value is -6.43. The molecule has 20 heteroatoms. The number of alkyl halides is 3. The number of aromatic amines is 1. The predicted octanol–water partition coefficient (Wildman–Crippen LogP) is 8.14. The molecular formula is C51H60F4N8O7S. The summed E-state index contributed by atoms with van der Waals surface area (Å²) >= 11 is 5.55. The molecule has 0 saturated carbocycles. The third kappa shape index (κ3) is 13.1. The van der Waals surface area contributed by atoms with Crippen LogP contribution in [0.1, 0.15) is 95.5 Å². The fourth-order valence-corrected chi connectivity index (χ4v) is 8.98. The van der Waals surface area contributed by atoms with E-state index < -0.39 is 58.0 Å². The van der Waals surface area contributed by atoms with Crippen molar-refractivity contribution in [1.82, 2.24) is 25.5 Å². The van der Waals surface area contributed by atoms with Crippen molar-refractivity contribution in [2.45, 2.75) is 110 Å². The number of carbonyl (C=O) groups excluding carboxylic acids is 4. The van der Waals surface area contributed by atoms with E-state index in [4.69, 9.17) is 26.4 Å². The number of H-pyrrole nitrogens is 1. The van der Waals surface area contributed by atoms with Crippen LogP contribution in [0.25, 0.3) is 11.3 Å². The summed E-state index contributed by atoms with van der Waals surface area (Å²) in [7, 11) is 0. The molecule has 2 fully saturated rings. The second-order valence-corrected chi connectivity index (χ2v) is 19.4. The average molecular weight is 1010 g/mol. The van der Waals surface area contributed by atoms with E-state index in [2.05, 4.69) is 20.6 Å². The number of imidazole rings is 1. The van der Waals surface area contributed by atoms with Gasteiger partial charge in [-0.05, 0) is 113 Å². The molecule has 380 valence electrons. The molecule has 3 N–H and O–H groups in total. The number of ether oxygens (including phenoxy) is 3. The molecule has 2 aliphatic rings. The smallest absolute Gasteiger partial charge is 0.417 e. The topological polar surface area (TPSA) is 182 Å². The van der Waals surface area contributed by atoms with Crippen LogP contribution < -0.4 is 25.2 Å². The fraction of sp³-hybridized carbons (Fsp3) is 0.471. The number of nitriles is 1. The van der Waals surface area contributed by atoms with Crippen molar-refractivity contribution in [3.8, 4) is 23.1 Å². The van der Waals surface area contributed by atoms with Crippen molar-refractivity contribution in [3.63, 3.8) is 0 Å². The number of hydrogen-bond donors (Lipinski definition) is 3. The largest absolute Gasteiger partial charge is 0.491 e. The second-order valence-electron chi connectivity index (χ2n) is 19.0. The fourth-order valence-electron chi connectivity index (χ4n) is 8.46. The van der Waals surface area contributed by atoms with Crippen LogP contribution in [0.4, 0.5) is 28.9 Å². The van der Waals surface area contributed by atoms with E-state index in [1.807, 2.05) is 52.0 Å². The highest BCUT2D eigenvalue weighted by Gasteiger charge is 2.51. The summed E-state index contributed by atoms with van der Waals surface area (Å²) in [5.41, 5.74) is -0.0943. The van der Waals surface area contributed by atoms with E-state index in [-0.39, 0.29) is 53.9 Å². The molecule has 71 heavy (non-hydrogen) atoms. The van der Waals surface area contributed by atoms with Crippen LogP contribution >= 0.6 is 12.2 Å². The highest BCUT2D eigenvalue weighted by Crippen LogP contribution is 2.40. The minimum absolute atomic E-state index is 0.0246. The lowest BCUT2D eigenvalue weighted by Crippen LogP contribution is -2.58. The van der Waals surface area contributed by atoms with E-state index in [1.165, 1.54) is 43.0 Å². The molecular weight excluding hydrogens is 945 g/mol. The van der Waals surface area contributed by atoms with E-state index in [9.17, 15) is 37.6 Å². The second kappa shape index (κ2) is 23.2. The number of carbonyl (C=O) groups is 4. The van der Waals surface area contributed by atoms with Crippen molar-refractivity contribution >= 4 is 52.3 Å². The van der Waals surface area contributed by atoms with Gasteiger partial charge in [0.15, 0.2) is 16.7 Å². The maximum absolute atomic E-state index is 15.3. The van der Waals surface area contributed by atoms with Gasteiger partial charge in [-0.25, -0.2) is 9.37 Å². The summed E-state index contributed by atoms with van der Waals surface area (Å²) < 4.78 is 73.4. The molecule has 0 radical (unpaired) electrons. The van der Waals surface area contributed by atoms with E-state index in [1.54, 1.807) is 11.2 Å². The molecule has 3 aromatic carbocycles. The number of unbranched alkanes of at least 4 members (excludes halogenated alkanes) is 2.